The van der Waals surface area contributed by atoms with Crippen LogP contribution in [-0.4, -0.2) is 49.2 Å². The lowest BCUT2D eigenvalue weighted by molar-refractivity contribution is -0.126. The van der Waals surface area contributed by atoms with Crippen LogP contribution in [0.5, 0.6) is 5.75 Å². The Bertz CT molecular complexity index is 1300. The molecule has 4 rings (SSSR count). The summed E-state index contributed by atoms with van der Waals surface area (Å²) in [6, 6.07) is 11.5. The number of hydrogen-bond acceptors (Lipinski definition) is 7. The SMILES string of the molecule is COC=O.COc1cc(C)ccc1Cc1cn(C(=O)OC(C)(C)C)c2ccc(NC(=O)OC3CCCC3)cc12. The maximum absolute atomic E-state index is 13.0. The summed E-state index contributed by atoms with van der Waals surface area (Å²) in [5.74, 6) is 0.789. The Morgan fingerprint density at radius 1 is 1.05 bits per heavy atom. The van der Waals surface area contributed by atoms with Crippen molar-refractivity contribution < 1.29 is 33.3 Å². The summed E-state index contributed by atoms with van der Waals surface area (Å²) in [6.07, 6.45) is 5.43. The van der Waals surface area contributed by atoms with E-state index in [0.29, 0.717) is 24.1 Å². The van der Waals surface area contributed by atoms with Crippen LogP contribution < -0.4 is 10.1 Å². The highest BCUT2D eigenvalue weighted by Gasteiger charge is 2.23. The standard InChI is InChI=1S/C28H34N2O5.C2H4O2/c1-18-10-11-19(25(14-18)33-5)15-20-17-30(27(32)35-28(2,3)4)24-13-12-21(16-23(20)24)29-26(31)34-22-8-6-7-9-22;1-4-2-3/h10-14,16-17,22H,6-9,15H2,1-5H3,(H,29,31);2H,1H3. The Labute approximate surface area is 229 Å². The van der Waals surface area contributed by atoms with Crippen LogP contribution in [0, 0.1) is 6.92 Å². The first-order chi connectivity index (χ1) is 18.5. The molecule has 1 fully saturated rings. The van der Waals surface area contributed by atoms with Gasteiger partial charge in [-0.1, -0.05) is 12.1 Å². The normalized spacial score (nSPS) is 13.3. The molecule has 1 amide bonds. The monoisotopic (exact) mass is 538 g/mol. The number of benzene rings is 2. The summed E-state index contributed by atoms with van der Waals surface area (Å²) in [4.78, 5) is 34.4. The van der Waals surface area contributed by atoms with Gasteiger partial charge in [0.25, 0.3) is 6.47 Å². The van der Waals surface area contributed by atoms with Gasteiger partial charge in [-0.2, -0.15) is 0 Å². The van der Waals surface area contributed by atoms with E-state index in [1.165, 1.54) is 11.7 Å². The Kier molecular flexibility index (Phi) is 9.98. The molecular formula is C30H38N2O7. The molecule has 0 bridgehead atoms. The fraction of sp³-hybridized carbons (Fsp3) is 0.433. The molecule has 0 unspecified atom stereocenters. The Morgan fingerprint density at radius 3 is 2.36 bits per heavy atom. The Hall–Kier alpha value is -4.01. The molecule has 1 N–H and O–H groups in total. The zero-order valence-electron chi connectivity index (χ0n) is 23.5. The highest BCUT2D eigenvalue weighted by atomic mass is 16.6. The summed E-state index contributed by atoms with van der Waals surface area (Å²) in [5.41, 5.74) is 3.71. The second-order valence-electron chi connectivity index (χ2n) is 10.5. The van der Waals surface area contributed by atoms with Gasteiger partial charge in [0.05, 0.1) is 19.7 Å². The lowest BCUT2D eigenvalue weighted by atomic mass is 10.0. The topological polar surface area (TPSA) is 105 Å². The molecule has 0 saturated heterocycles. The van der Waals surface area contributed by atoms with Crippen molar-refractivity contribution in [2.75, 3.05) is 19.5 Å². The summed E-state index contributed by atoms with van der Waals surface area (Å²) in [7, 11) is 2.97. The zero-order valence-corrected chi connectivity index (χ0v) is 23.5. The Balaban J connectivity index is 0.000000983. The third-order valence-electron chi connectivity index (χ3n) is 6.22. The van der Waals surface area contributed by atoms with E-state index in [2.05, 4.69) is 10.1 Å². The number of carbonyl (C=O) groups is 3. The number of nitrogens with one attached hydrogen (secondary N) is 1. The molecule has 1 aliphatic carbocycles. The largest absolute Gasteiger partial charge is 0.496 e. The van der Waals surface area contributed by atoms with E-state index in [1.807, 2.05) is 58.0 Å². The first kappa shape index (κ1) is 29.5. The highest BCUT2D eigenvalue weighted by Crippen LogP contribution is 2.31. The average molecular weight is 539 g/mol. The van der Waals surface area contributed by atoms with Gasteiger partial charge in [-0.25, -0.2) is 9.59 Å². The molecule has 1 heterocycles. The molecule has 9 nitrogen and oxygen atoms in total. The Morgan fingerprint density at radius 2 is 1.74 bits per heavy atom. The molecule has 2 aromatic carbocycles. The predicted molar refractivity (Wildman–Crippen MR) is 150 cm³/mol. The summed E-state index contributed by atoms with van der Waals surface area (Å²) < 4.78 is 22.2. The van der Waals surface area contributed by atoms with Crippen molar-refractivity contribution in [3.63, 3.8) is 0 Å². The number of aromatic nitrogens is 1. The lowest BCUT2D eigenvalue weighted by Gasteiger charge is -2.19. The van der Waals surface area contributed by atoms with Crippen LogP contribution in [0.3, 0.4) is 0 Å². The van der Waals surface area contributed by atoms with Gasteiger partial charge in [0, 0.05) is 23.7 Å². The van der Waals surface area contributed by atoms with E-state index < -0.39 is 17.8 Å². The third-order valence-corrected chi connectivity index (χ3v) is 6.22. The summed E-state index contributed by atoms with van der Waals surface area (Å²) in [5, 5.41) is 3.69. The van der Waals surface area contributed by atoms with Crippen molar-refractivity contribution in [3.8, 4) is 5.75 Å². The van der Waals surface area contributed by atoms with Gasteiger partial charge in [0.15, 0.2) is 0 Å². The number of anilines is 1. The minimum Gasteiger partial charge on any atom is -0.496 e. The van der Waals surface area contributed by atoms with Crippen molar-refractivity contribution in [1.29, 1.82) is 0 Å². The second kappa shape index (κ2) is 13.2. The number of hydrogen-bond donors (Lipinski definition) is 1. The van der Waals surface area contributed by atoms with E-state index in [1.54, 1.807) is 19.4 Å². The van der Waals surface area contributed by atoms with E-state index in [-0.39, 0.29) is 6.10 Å². The van der Waals surface area contributed by atoms with E-state index in [0.717, 1.165) is 53.5 Å². The summed E-state index contributed by atoms with van der Waals surface area (Å²) >= 11 is 0. The van der Waals surface area contributed by atoms with Crippen LogP contribution in [0.1, 0.15) is 63.1 Å². The number of nitrogens with zero attached hydrogens (tertiary/aromatic N) is 1. The van der Waals surface area contributed by atoms with Crippen LogP contribution in [-0.2, 0) is 25.4 Å². The smallest absolute Gasteiger partial charge is 0.419 e. The van der Waals surface area contributed by atoms with Crippen LogP contribution in [0.25, 0.3) is 10.9 Å². The minimum absolute atomic E-state index is 0.0171. The number of carbonyl (C=O) groups excluding carboxylic acids is 3. The fourth-order valence-corrected chi connectivity index (χ4v) is 4.49. The zero-order chi connectivity index (χ0) is 28.6. The average Bonchev–Trinajstić information content (AvgIpc) is 3.52. The number of rotatable bonds is 6. The van der Waals surface area contributed by atoms with E-state index in [4.69, 9.17) is 19.0 Å². The molecular weight excluding hydrogens is 500 g/mol. The van der Waals surface area contributed by atoms with Gasteiger partial charge in [-0.3, -0.25) is 14.7 Å². The number of fused-ring (bicyclic) bond motifs is 1. The molecule has 9 heteroatoms. The number of methoxy groups -OCH3 is 2. The predicted octanol–water partition coefficient (Wildman–Crippen LogP) is 6.61. The molecule has 3 aromatic rings. The molecule has 0 radical (unpaired) electrons. The third kappa shape index (κ3) is 8.24. The lowest BCUT2D eigenvalue weighted by Crippen LogP contribution is -2.26. The molecule has 0 spiro atoms. The maximum atomic E-state index is 13.0. The van der Waals surface area contributed by atoms with Crippen molar-refractivity contribution in [3.05, 3.63) is 59.3 Å². The van der Waals surface area contributed by atoms with Crippen molar-refractivity contribution >= 4 is 35.2 Å². The first-order valence-electron chi connectivity index (χ1n) is 13.0. The molecule has 1 aliphatic rings. The van der Waals surface area contributed by atoms with Crippen LogP contribution in [0.4, 0.5) is 15.3 Å². The molecule has 1 saturated carbocycles. The molecule has 0 atom stereocenters. The summed E-state index contributed by atoms with van der Waals surface area (Å²) in [6.45, 7) is 7.91. The quantitative estimate of drug-likeness (QED) is 0.278. The van der Waals surface area contributed by atoms with Gasteiger partial charge in [-0.05, 0) is 94.3 Å². The van der Waals surface area contributed by atoms with Crippen molar-refractivity contribution in [2.45, 2.75) is 71.5 Å². The van der Waals surface area contributed by atoms with Gasteiger partial charge >= 0.3 is 12.2 Å². The molecule has 1 aromatic heterocycles. The van der Waals surface area contributed by atoms with Gasteiger partial charge < -0.3 is 18.9 Å². The second-order valence-corrected chi connectivity index (χ2v) is 10.5. The maximum Gasteiger partial charge on any atom is 0.419 e. The number of amides is 1. The molecule has 210 valence electrons. The van der Waals surface area contributed by atoms with Gasteiger partial charge in [0.1, 0.15) is 17.5 Å². The first-order valence-corrected chi connectivity index (χ1v) is 13.0. The van der Waals surface area contributed by atoms with E-state index >= 15 is 0 Å². The highest BCUT2D eigenvalue weighted by molar-refractivity contribution is 5.96. The van der Waals surface area contributed by atoms with Crippen LogP contribution in [0.15, 0.2) is 42.6 Å². The molecule has 0 aliphatic heterocycles. The number of aryl methyl sites for hydroxylation is 1. The van der Waals surface area contributed by atoms with Gasteiger partial charge in [-0.15, -0.1) is 0 Å². The molecule has 39 heavy (non-hydrogen) atoms. The van der Waals surface area contributed by atoms with E-state index in [9.17, 15) is 9.59 Å². The van der Waals surface area contributed by atoms with Crippen molar-refractivity contribution in [1.82, 2.24) is 4.57 Å². The van der Waals surface area contributed by atoms with Crippen molar-refractivity contribution in [2.24, 2.45) is 0 Å². The number of ether oxygens (including phenoxy) is 4. The minimum atomic E-state index is -0.625. The fourth-order valence-electron chi connectivity index (χ4n) is 4.49. The van der Waals surface area contributed by atoms with Crippen LogP contribution in [0.2, 0.25) is 0 Å². The van der Waals surface area contributed by atoms with Gasteiger partial charge in [0.2, 0.25) is 0 Å². The van der Waals surface area contributed by atoms with Crippen LogP contribution >= 0.6 is 0 Å².